The summed E-state index contributed by atoms with van der Waals surface area (Å²) in [5.41, 5.74) is 11.2. The number of rotatable bonds is 15. The number of thioether (sulfide) groups is 1. The molecule has 0 aliphatic heterocycles. The molecule has 0 aromatic rings. The van der Waals surface area contributed by atoms with E-state index in [1.807, 2.05) is 6.26 Å². The molecule has 0 radical (unpaired) electrons. The van der Waals surface area contributed by atoms with E-state index in [4.69, 9.17) is 11.5 Å². The van der Waals surface area contributed by atoms with Crippen molar-refractivity contribution in [2.75, 3.05) is 18.6 Å². The zero-order valence-electron chi connectivity index (χ0n) is 18.3. The van der Waals surface area contributed by atoms with Crippen LogP contribution in [-0.2, 0) is 19.2 Å². The molecule has 174 valence electrons. The number of unbranched alkanes of at least 4 members (excludes halogenated alkanes) is 1. The maximum Gasteiger partial charge on any atom is 0.326 e. The van der Waals surface area contributed by atoms with Crippen LogP contribution in [0.3, 0.4) is 0 Å². The van der Waals surface area contributed by atoms with Gasteiger partial charge in [0.25, 0.3) is 0 Å². The molecule has 3 amide bonds. The van der Waals surface area contributed by atoms with Crippen molar-refractivity contribution in [2.45, 2.75) is 70.6 Å². The van der Waals surface area contributed by atoms with Crippen LogP contribution in [0.4, 0.5) is 0 Å². The Kier molecular flexibility index (Phi) is 14.1. The van der Waals surface area contributed by atoms with Crippen LogP contribution >= 0.6 is 11.8 Å². The first-order valence-electron chi connectivity index (χ1n) is 10.1. The Morgan fingerprint density at radius 2 is 1.50 bits per heavy atom. The van der Waals surface area contributed by atoms with Gasteiger partial charge in [0.2, 0.25) is 17.7 Å². The van der Waals surface area contributed by atoms with Crippen molar-refractivity contribution >= 4 is 35.5 Å². The number of aliphatic carboxylic acids is 1. The van der Waals surface area contributed by atoms with E-state index in [1.54, 1.807) is 13.8 Å². The molecule has 8 N–H and O–H groups in total. The summed E-state index contributed by atoms with van der Waals surface area (Å²) in [4.78, 5) is 48.6. The van der Waals surface area contributed by atoms with Crippen LogP contribution in [0.25, 0.3) is 0 Å². The molecule has 0 heterocycles. The van der Waals surface area contributed by atoms with Gasteiger partial charge >= 0.3 is 5.97 Å². The molecule has 0 aliphatic carbocycles. The van der Waals surface area contributed by atoms with E-state index in [1.165, 1.54) is 18.7 Å². The van der Waals surface area contributed by atoms with Crippen LogP contribution in [0.5, 0.6) is 0 Å². The van der Waals surface area contributed by atoms with E-state index in [0.717, 1.165) is 0 Å². The molecule has 4 atom stereocenters. The number of carbonyl (C=O) groups is 4. The van der Waals surface area contributed by atoms with E-state index in [9.17, 15) is 24.3 Å². The fourth-order valence-corrected chi connectivity index (χ4v) is 2.97. The second-order valence-electron chi connectivity index (χ2n) is 7.53. The summed E-state index contributed by atoms with van der Waals surface area (Å²) in [5, 5.41) is 17.0. The minimum Gasteiger partial charge on any atom is -0.480 e. The second kappa shape index (κ2) is 15.0. The Labute approximate surface area is 182 Å². The third-order valence-corrected chi connectivity index (χ3v) is 5.22. The smallest absolute Gasteiger partial charge is 0.326 e. The lowest BCUT2D eigenvalue weighted by Crippen LogP contribution is -2.56. The zero-order chi connectivity index (χ0) is 23.3. The highest BCUT2D eigenvalue weighted by atomic mass is 32.2. The number of carbonyl (C=O) groups excluding carboxylic acids is 3. The monoisotopic (exact) mass is 447 g/mol. The molecule has 0 saturated carbocycles. The van der Waals surface area contributed by atoms with Gasteiger partial charge in [-0.3, -0.25) is 14.4 Å². The molecular weight excluding hydrogens is 410 g/mol. The van der Waals surface area contributed by atoms with Crippen LogP contribution in [-0.4, -0.2) is 71.5 Å². The number of hydrogen-bond acceptors (Lipinski definition) is 7. The first-order chi connectivity index (χ1) is 14.0. The first kappa shape index (κ1) is 28.1. The molecule has 30 heavy (non-hydrogen) atoms. The Hall–Kier alpha value is -1.85. The lowest BCUT2D eigenvalue weighted by atomic mass is 10.0. The zero-order valence-corrected chi connectivity index (χ0v) is 19.1. The number of nitrogens with one attached hydrogen (secondary N) is 3. The summed E-state index contributed by atoms with van der Waals surface area (Å²) >= 11 is 1.49. The standard InChI is InChI=1S/C19H37N5O5S/c1-11(2)15(21)18(27)22-12(3)16(25)23-13(8-10-30-4)17(26)24-14(19(28)29)7-5-6-9-20/h11-15H,5-10,20-21H2,1-4H3,(H,22,27)(H,23,25)(H,24,26)(H,28,29). The summed E-state index contributed by atoms with van der Waals surface area (Å²) in [6, 6.07) is -3.62. The minimum absolute atomic E-state index is 0.0902. The third kappa shape index (κ3) is 10.8. The predicted octanol–water partition coefficient (Wildman–Crippen LogP) is -0.589. The molecule has 0 saturated heterocycles. The summed E-state index contributed by atoms with van der Waals surface area (Å²) in [7, 11) is 0. The van der Waals surface area contributed by atoms with Gasteiger partial charge in [-0.15, -0.1) is 0 Å². The molecule has 0 rings (SSSR count). The normalized spacial score (nSPS) is 15.0. The van der Waals surface area contributed by atoms with Crippen LogP contribution < -0.4 is 27.4 Å². The Morgan fingerprint density at radius 3 is 2.00 bits per heavy atom. The van der Waals surface area contributed by atoms with E-state index < -0.39 is 47.9 Å². The van der Waals surface area contributed by atoms with Crippen molar-refractivity contribution in [1.82, 2.24) is 16.0 Å². The predicted molar refractivity (Wildman–Crippen MR) is 118 cm³/mol. The molecule has 10 nitrogen and oxygen atoms in total. The third-order valence-electron chi connectivity index (χ3n) is 4.58. The van der Waals surface area contributed by atoms with Gasteiger partial charge in [-0.25, -0.2) is 4.79 Å². The SMILES string of the molecule is CSCCC(NC(=O)C(C)NC(=O)C(N)C(C)C)C(=O)NC(CCCCN)C(=O)O. The number of amides is 3. The van der Waals surface area contributed by atoms with Crippen molar-refractivity contribution in [2.24, 2.45) is 17.4 Å². The maximum absolute atomic E-state index is 12.6. The van der Waals surface area contributed by atoms with Gasteiger partial charge in [-0.2, -0.15) is 11.8 Å². The van der Waals surface area contributed by atoms with Crippen LogP contribution in [0, 0.1) is 5.92 Å². The topological polar surface area (TPSA) is 177 Å². The van der Waals surface area contributed by atoms with Crippen LogP contribution in [0.2, 0.25) is 0 Å². The molecule has 0 aromatic heterocycles. The van der Waals surface area contributed by atoms with Crippen molar-refractivity contribution < 1.29 is 24.3 Å². The molecule has 0 fully saturated rings. The molecule has 0 bridgehead atoms. The van der Waals surface area contributed by atoms with Crippen LogP contribution in [0.15, 0.2) is 0 Å². The second-order valence-corrected chi connectivity index (χ2v) is 8.51. The average molecular weight is 448 g/mol. The molecule has 0 spiro atoms. The van der Waals surface area contributed by atoms with Gasteiger partial charge < -0.3 is 32.5 Å². The number of hydrogen-bond donors (Lipinski definition) is 6. The highest BCUT2D eigenvalue weighted by Gasteiger charge is 2.28. The maximum atomic E-state index is 12.6. The molecule has 4 unspecified atom stereocenters. The summed E-state index contributed by atoms with van der Waals surface area (Å²) in [5.74, 6) is -2.22. The fraction of sp³-hybridized carbons (Fsp3) is 0.789. The Bertz CT molecular complexity index is 576. The number of carboxylic acids is 1. The van der Waals surface area contributed by atoms with Crippen molar-refractivity contribution in [3.8, 4) is 0 Å². The first-order valence-corrected chi connectivity index (χ1v) is 11.5. The van der Waals surface area contributed by atoms with Gasteiger partial charge in [0.05, 0.1) is 6.04 Å². The summed E-state index contributed by atoms with van der Waals surface area (Å²) in [6.45, 7) is 5.53. The summed E-state index contributed by atoms with van der Waals surface area (Å²) < 4.78 is 0. The molecule has 0 aromatic carbocycles. The van der Waals surface area contributed by atoms with Gasteiger partial charge in [0, 0.05) is 0 Å². The highest BCUT2D eigenvalue weighted by molar-refractivity contribution is 7.98. The quantitative estimate of drug-likeness (QED) is 0.180. The van der Waals surface area contributed by atoms with Gasteiger partial charge in [0.15, 0.2) is 0 Å². The lowest BCUT2D eigenvalue weighted by molar-refractivity contribution is -0.142. The van der Waals surface area contributed by atoms with E-state index in [2.05, 4.69) is 16.0 Å². The Morgan fingerprint density at radius 1 is 0.900 bits per heavy atom. The van der Waals surface area contributed by atoms with Crippen molar-refractivity contribution in [3.63, 3.8) is 0 Å². The van der Waals surface area contributed by atoms with E-state index in [-0.39, 0.29) is 12.3 Å². The summed E-state index contributed by atoms with van der Waals surface area (Å²) in [6.07, 6.45) is 3.65. The number of nitrogens with two attached hydrogens (primary N) is 2. The molecule has 11 heteroatoms. The van der Waals surface area contributed by atoms with Crippen molar-refractivity contribution in [1.29, 1.82) is 0 Å². The largest absolute Gasteiger partial charge is 0.480 e. The van der Waals surface area contributed by atoms with E-state index in [0.29, 0.717) is 31.6 Å². The lowest BCUT2D eigenvalue weighted by Gasteiger charge is -2.24. The Balaban J connectivity index is 5.02. The van der Waals surface area contributed by atoms with Gasteiger partial charge in [0.1, 0.15) is 18.1 Å². The van der Waals surface area contributed by atoms with E-state index >= 15 is 0 Å². The van der Waals surface area contributed by atoms with Crippen LogP contribution in [0.1, 0.15) is 46.5 Å². The highest BCUT2D eigenvalue weighted by Crippen LogP contribution is 2.06. The molecular formula is C19H37N5O5S. The number of carboxylic acid groups (broad SMARTS) is 1. The fourth-order valence-electron chi connectivity index (χ4n) is 2.50. The minimum atomic E-state index is -1.14. The molecule has 0 aliphatic rings. The van der Waals surface area contributed by atoms with Gasteiger partial charge in [-0.1, -0.05) is 13.8 Å². The van der Waals surface area contributed by atoms with Gasteiger partial charge in [-0.05, 0) is 57.1 Å². The van der Waals surface area contributed by atoms with Crippen molar-refractivity contribution in [3.05, 3.63) is 0 Å². The average Bonchev–Trinajstić information content (AvgIpc) is 2.68.